The number of carbonyl (C=O) groups is 2. The lowest BCUT2D eigenvalue weighted by Crippen LogP contribution is -2.50. The molecule has 146 valence electrons. The van der Waals surface area contributed by atoms with Gasteiger partial charge in [-0.25, -0.2) is 4.79 Å². The van der Waals surface area contributed by atoms with Gasteiger partial charge in [0.1, 0.15) is 17.6 Å². The lowest BCUT2D eigenvalue weighted by Gasteiger charge is -2.42. The van der Waals surface area contributed by atoms with Crippen molar-refractivity contribution in [3.8, 4) is 5.75 Å². The summed E-state index contributed by atoms with van der Waals surface area (Å²) < 4.78 is 5.87. The highest BCUT2D eigenvalue weighted by Crippen LogP contribution is 2.56. The molecule has 3 rings (SSSR count). The molecule has 5 nitrogen and oxygen atoms in total. The van der Waals surface area contributed by atoms with Crippen molar-refractivity contribution in [2.75, 3.05) is 0 Å². The summed E-state index contributed by atoms with van der Waals surface area (Å²) in [7, 11) is 0. The minimum Gasteiger partial charge on any atom is -0.508 e. The summed E-state index contributed by atoms with van der Waals surface area (Å²) in [4.78, 5) is 25.6. The van der Waals surface area contributed by atoms with Gasteiger partial charge in [-0.3, -0.25) is 4.79 Å². The fourth-order valence-corrected chi connectivity index (χ4v) is 4.65. The van der Waals surface area contributed by atoms with E-state index in [2.05, 4.69) is 0 Å². The van der Waals surface area contributed by atoms with Gasteiger partial charge in [0.2, 0.25) is 0 Å². The van der Waals surface area contributed by atoms with Crippen LogP contribution in [0.1, 0.15) is 57.3 Å². The third-order valence-electron chi connectivity index (χ3n) is 6.44. The highest BCUT2D eigenvalue weighted by atomic mass is 16.5. The number of benzene rings is 1. The fourth-order valence-electron chi connectivity index (χ4n) is 4.65. The van der Waals surface area contributed by atoms with Crippen LogP contribution in [0.25, 0.3) is 0 Å². The van der Waals surface area contributed by atoms with Gasteiger partial charge in [-0.1, -0.05) is 32.4 Å². The third-order valence-corrected chi connectivity index (χ3v) is 6.44. The number of phenols is 1. The standard InChI is InChI=1S/C22H28O5/c1-13(2)22(26)12-18(24)21(4)10-9-14(3)11-17(19(21)22)27-20(25)15-5-7-16(23)8-6-15/h5-9,13,17,19,23,26H,10-12H2,1-4H3. The van der Waals surface area contributed by atoms with Crippen LogP contribution in [0.3, 0.4) is 0 Å². The van der Waals surface area contributed by atoms with Crippen molar-refractivity contribution in [2.24, 2.45) is 17.3 Å². The van der Waals surface area contributed by atoms with Gasteiger partial charge in [0.25, 0.3) is 0 Å². The second-order valence-electron chi connectivity index (χ2n) is 8.59. The first kappa shape index (κ1) is 19.6. The summed E-state index contributed by atoms with van der Waals surface area (Å²) in [5.74, 6) is -1.01. The van der Waals surface area contributed by atoms with E-state index in [1.165, 1.54) is 24.3 Å². The van der Waals surface area contributed by atoms with E-state index in [1.54, 1.807) is 0 Å². The summed E-state index contributed by atoms with van der Waals surface area (Å²) in [6, 6.07) is 5.88. The second-order valence-corrected chi connectivity index (χ2v) is 8.59. The predicted octanol–water partition coefficient (Wildman–Crippen LogP) is 3.64. The summed E-state index contributed by atoms with van der Waals surface area (Å²) in [5, 5.41) is 20.9. The molecule has 0 aromatic heterocycles. The molecule has 0 amide bonds. The van der Waals surface area contributed by atoms with Crippen LogP contribution < -0.4 is 0 Å². The van der Waals surface area contributed by atoms with E-state index in [9.17, 15) is 19.8 Å². The van der Waals surface area contributed by atoms with Crippen LogP contribution in [0.15, 0.2) is 35.9 Å². The molecule has 27 heavy (non-hydrogen) atoms. The van der Waals surface area contributed by atoms with Gasteiger partial charge >= 0.3 is 5.97 Å². The second kappa shape index (κ2) is 6.79. The summed E-state index contributed by atoms with van der Waals surface area (Å²) >= 11 is 0. The summed E-state index contributed by atoms with van der Waals surface area (Å²) in [6.45, 7) is 7.66. The number of fused-ring (bicyclic) bond motifs is 1. The number of carbonyl (C=O) groups excluding carboxylic acids is 2. The number of esters is 1. The lowest BCUT2D eigenvalue weighted by atomic mass is 9.67. The fraction of sp³-hybridized carbons (Fsp3) is 0.545. The van der Waals surface area contributed by atoms with Crippen molar-refractivity contribution in [1.82, 2.24) is 0 Å². The Morgan fingerprint density at radius 2 is 1.89 bits per heavy atom. The first-order valence-corrected chi connectivity index (χ1v) is 9.49. The van der Waals surface area contributed by atoms with E-state index in [1.807, 2.05) is 33.8 Å². The number of phenolic OH excluding ortho intramolecular Hbond substituents is 1. The number of ketones is 1. The molecule has 1 aromatic rings. The largest absolute Gasteiger partial charge is 0.508 e. The van der Waals surface area contributed by atoms with Crippen LogP contribution in [0.4, 0.5) is 0 Å². The molecule has 5 heteroatoms. The van der Waals surface area contributed by atoms with Gasteiger partial charge < -0.3 is 14.9 Å². The molecular formula is C22H28O5. The van der Waals surface area contributed by atoms with Crippen LogP contribution in [-0.2, 0) is 9.53 Å². The molecule has 0 radical (unpaired) electrons. The molecule has 1 aromatic carbocycles. The van der Waals surface area contributed by atoms with Crippen molar-refractivity contribution in [2.45, 2.75) is 58.7 Å². The van der Waals surface area contributed by atoms with Gasteiger partial charge in [-0.2, -0.15) is 0 Å². The highest BCUT2D eigenvalue weighted by molar-refractivity contribution is 5.91. The van der Waals surface area contributed by atoms with Crippen molar-refractivity contribution < 1.29 is 24.5 Å². The Hall–Kier alpha value is -2.14. The summed E-state index contributed by atoms with van der Waals surface area (Å²) in [6.07, 6.45) is 2.57. The number of ether oxygens (including phenoxy) is 1. The first-order chi connectivity index (χ1) is 12.6. The zero-order valence-corrected chi connectivity index (χ0v) is 16.4. The van der Waals surface area contributed by atoms with E-state index < -0.39 is 29.0 Å². The molecule has 0 saturated heterocycles. The number of Topliss-reactive ketones (excluding diaryl/α,β-unsaturated/α-hetero) is 1. The molecule has 0 spiro atoms. The Balaban J connectivity index is 1.98. The van der Waals surface area contributed by atoms with Gasteiger partial charge in [-0.05, 0) is 43.5 Å². The molecule has 2 aliphatic carbocycles. The Morgan fingerprint density at radius 3 is 2.48 bits per heavy atom. The number of aliphatic hydroxyl groups is 1. The van der Waals surface area contributed by atoms with E-state index in [0.717, 1.165) is 5.57 Å². The average molecular weight is 372 g/mol. The predicted molar refractivity (Wildman–Crippen MR) is 101 cm³/mol. The molecule has 2 aliphatic rings. The Kier molecular flexibility index (Phi) is 4.93. The molecule has 0 aliphatic heterocycles. The Morgan fingerprint density at radius 1 is 1.26 bits per heavy atom. The van der Waals surface area contributed by atoms with Crippen LogP contribution in [-0.4, -0.2) is 33.7 Å². The first-order valence-electron chi connectivity index (χ1n) is 9.49. The minimum absolute atomic E-state index is 0.0281. The Bertz CT molecular complexity index is 778. The minimum atomic E-state index is -1.20. The number of allylic oxidation sites excluding steroid dienone is 1. The molecule has 2 N–H and O–H groups in total. The maximum absolute atomic E-state index is 12.9. The monoisotopic (exact) mass is 372 g/mol. The zero-order chi connectivity index (χ0) is 20.0. The van der Waals surface area contributed by atoms with Crippen molar-refractivity contribution >= 4 is 11.8 Å². The topological polar surface area (TPSA) is 83.8 Å². The van der Waals surface area contributed by atoms with E-state index in [0.29, 0.717) is 18.4 Å². The van der Waals surface area contributed by atoms with Crippen LogP contribution in [0, 0.1) is 17.3 Å². The lowest BCUT2D eigenvalue weighted by molar-refractivity contribution is -0.129. The van der Waals surface area contributed by atoms with Gasteiger partial charge in [0.15, 0.2) is 0 Å². The zero-order valence-electron chi connectivity index (χ0n) is 16.4. The number of aromatic hydroxyl groups is 1. The third kappa shape index (κ3) is 3.29. The van der Waals surface area contributed by atoms with Crippen molar-refractivity contribution in [1.29, 1.82) is 0 Å². The van der Waals surface area contributed by atoms with Gasteiger partial charge in [0.05, 0.1) is 11.2 Å². The van der Waals surface area contributed by atoms with Crippen LogP contribution in [0.5, 0.6) is 5.75 Å². The maximum Gasteiger partial charge on any atom is 0.338 e. The summed E-state index contributed by atoms with van der Waals surface area (Å²) in [5.41, 5.74) is -0.577. The average Bonchev–Trinajstić information content (AvgIpc) is 2.70. The van der Waals surface area contributed by atoms with Crippen LogP contribution in [0.2, 0.25) is 0 Å². The SMILES string of the molecule is CC1=CCC2(C)C(=O)CC(O)(C(C)C)C2C(OC(=O)c2ccc(O)cc2)C1. The van der Waals surface area contributed by atoms with E-state index >= 15 is 0 Å². The molecule has 1 saturated carbocycles. The molecule has 4 atom stereocenters. The van der Waals surface area contributed by atoms with Crippen molar-refractivity contribution in [3.63, 3.8) is 0 Å². The van der Waals surface area contributed by atoms with Gasteiger partial charge in [-0.15, -0.1) is 0 Å². The van der Waals surface area contributed by atoms with Gasteiger partial charge in [0, 0.05) is 24.2 Å². The molecular weight excluding hydrogens is 344 g/mol. The molecule has 0 heterocycles. The Labute approximate surface area is 160 Å². The number of hydrogen-bond donors (Lipinski definition) is 2. The molecule has 0 bridgehead atoms. The van der Waals surface area contributed by atoms with E-state index in [-0.39, 0.29) is 23.9 Å². The normalized spacial score (nSPS) is 33.4. The number of rotatable bonds is 3. The highest BCUT2D eigenvalue weighted by Gasteiger charge is 2.63. The van der Waals surface area contributed by atoms with E-state index in [4.69, 9.17) is 4.74 Å². The molecule has 1 fully saturated rings. The van der Waals surface area contributed by atoms with Crippen molar-refractivity contribution in [3.05, 3.63) is 41.5 Å². The van der Waals surface area contributed by atoms with Crippen LogP contribution >= 0.6 is 0 Å². The molecule has 4 unspecified atom stereocenters. The quantitative estimate of drug-likeness (QED) is 0.625. The smallest absolute Gasteiger partial charge is 0.338 e. The number of hydrogen-bond acceptors (Lipinski definition) is 5. The maximum atomic E-state index is 12.9.